The third kappa shape index (κ3) is 7.95. The number of sulfonamides is 1. The lowest BCUT2D eigenvalue weighted by Gasteiger charge is -2.30. The summed E-state index contributed by atoms with van der Waals surface area (Å²) in [6.07, 6.45) is 3.95. The number of rotatable bonds is 13. The van der Waals surface area contributed by atoms with E-state index in [2.05, 4.69) is 6.07 Å². The first-order chi connectivity index (χ1) is 25.0. The van der Waals surface area contributed by atoms with Gasteiger partial charge in [0.2, 0.25) is 21.7 Å². The third-order valence-electron chi connectivity index (χ3n) is 9.40. The zero-order valence-electron chi connectivity index (χ0n) is 28.4. The van der Waals surface area contributed by atoms with Crippen molar-refractivity contribution in [1.29, 1.82) is 0 Å². The number of carbonyl (C=O) groups is 2. The molecule has 0 radical (unpaired) electrons. The van der Waals surface area contributed by atoms with Crippen LogP contribution in [-0.4, -0.2) is 36.3 Å². The molecule has 2 saturated carbocycles. The molecule has 1 N–H and O–H groups in total. The van der Waals surface area contributed by atoms with Crippen LogP contribution in [0.3, 0.4) is 0 Å². The standard InChI is InChI=1S/C38H33ClF6N2O5S/c1-19(2)28-14-23(38(49)50)8-10-30(28)47(16-20-11-25(21-3-4-21)13-26(12-20)22-5-6-22)31(48)18-46(17-24-7-9-27(40)15-29(24)39)53(51,52)37-35(44)33(42)32(41)34(43)36(37)45/h7-15,19,21-22H,3-6,16-18H2,1-2H3,(H,49,50). The number of carboxylic acids is 1. The number of anilines is 1. The van der Waals surface area contributed by atoms with Gasteiger partial charge in [-0.15, -0.1) is 0 Å². The summed E-state index contributed by atoms with van der Waals surface area (Å²) in [5.74, 6) is -15.7. The molecule has 280 valence electrons. The molecular formula is C38H33ClF6N2O5S. The summed E-state index contributed by atoms with van der Waals surface area (Å²) in [7, 11) is -5.74. The first kappa shape index (κ1) is 38.3. The molecule has 0 atom stereocenters. The van der Waals surface area contributed by atoms with Crippen LogP contribution in [0.15, 0.2) is 59.5 Å². The number of hydrogen-bond acceptors (Lipinski definition) is 4. The quantitative estimate of drug-likeness (QED) is 0.0830. The highest BCUT2D eigenvalue weighted by Crippen LogP contribution is 2.46. The summed E-state index contributed by atoms with van der Waals surface area (Å²) < 4.78 is 115. The third-order valence-corrected chi connectivity index (χ3v) is 11.6. The van der Waals surface area contributed by atoms with Gasteiger partial charge in [-0.3, -0.25) is 4.79 Å². The summed E-state index contributed by atoms with van der Waals surface area (Å²) in [6.45, 7) is 1.19. The van der Waals surface area contributed by atoms with Crippen molar-refractivity contribution in [2.24, 2.45) is 0 Å². The number of amides is 1. The maximum Gasteiger partial charge on any atom is 0.335 e. The molecule has 1 amide bonds. The maximum absolute atomic E-state index is 15.1. The highest BCUT2D eigenvalue weighted by molar-refractivity contribution is 7.89. The van der Waals surface area contributed by atoms with Gasteiger partial charge in [0.15, 0.2) is 28.2 Å². The van der Waals surface area contributed by atoms with Crippen LogP contribution >= 0.6 is 11.6 Å². The van der Waals surface area contributed by atoms with E-state index in [1.807, 2.05) is 12.1 Å². The molecule has 0 saturated heterocycles. The summed E-state index contributed by atoms with van der Waals surface area (Å²) in [4.78, 5) is 25.5. The summed E-state index contributed by atoms with van der Waals surface area (Å²) in [5, 5.41) is 9.37. The average Bonchev–Trinajstić information content (AvgIpc) is 4.03. The van der Waals surface area contributed by atoms with Crippen molar-refractivity contribution >= 4 is 39.2 Å². The zero-order chi connectivity index (χ0) is 38.5. The predicted octanol–water partition coefficient (Wildman–Crippen LogP) is 9.18. The Kier molecular flexibility index (Phi) is 10.7. The van der Waals surface area contributed by atoms with Gasteiger partial charge in [0.1, 0.15) is 5.82 Å². The van der Waals surface area contributed by atoms with Gasteiger partial charge in [0.25, 0.3) is 0 Å². The van der Waals surface area contributed by atoms with Crippen molar-refractivity contribution in [3.05, 3.63) is 128 Å². The molecular weight excluding hydrogens is 746 g/mol. The van der Waals surface area contributed by atoms with Gasteiger partial charge < -0.3 is 10.0 Å². The average molecular weight is 779 g/mol. The minimum Gasteiger partial charge on any atom is -0.478 e. The van der Waals surface area contributed by atoms with Gasteiger partial charge in [-0.2, -0.15) is 4.31 Å². The van der Waals surface area contributed by atoms with Gasteiger partial charge in [0.05, 0.1) is 18.7 Å². The van der Waals surface area contributed by atoms with E-state index in [0.717, 1.165) is 55.0 Å². The van der Waals surface area contributed by atoms with Gasteiger partial charge >= 0.3 is 5.97 Å². The van der Waals surface area contributed by atoms with Crippen LogP contribution in [0.2, 0.25) is 5.02 Å². The predicted molar refractivity (Wildman–Crippen MR) is 184 cm³/mol. The van der Waals surface area contributed by atoms with Crippen molar-refractivity contribution < 1.29 is 49.5 Å². The molecule has 0 aromatic heterocycles. The van der Waals surface area contributed by atoms with Crippen molar-refractivity contribution in [1.82, 2.24) is 4.31 Å². The van der Waals surface area contributed by atoms with E-state index in [1.165, 1.54) is 23.1 Å². The largest absolute Gasteiger partial charge is 0.478 e. The van der Waals surface area contributed by atoms with Crippen LogP contribution in [0.1, 0.15) is 95.5 Å². The fourth-order valence-electron chi connectivity index (χ4n) is 6.27. The number of aromatic carboxylic acids is 1. The van der Waals surface area contributed by atoms with E-state index >= 15 is 8.78 Å². The number of halogens is 7. The molecule has 2 aliphatic carbocycles. The van der Waals surface area contributed by atoms with Gasteiger partial charge in [-0.25, -0.2) is 39.6 Å². The SMILES string of the molecule is CC(C)c1cc(C(=O)O)ccc1N(Cc1cc(C2CC2)cc(C2CC2)c1)C(=O)CN(Cc1ccc(F)cc1Cl)S(=O)(=O)c1c(F)c(F)c(F)c(F)c1F. The van der Waals surface area contributed by atoms with E-state index in [4.69, 9.17) is 11.6 Å². The first-order valence-corrected chi connectivity index (χ1v) is 18.6. The Morgan fingerprint density at radius 1 is 0.792 bits per heavy atom. The molecule has 4 aromatic carbocycles. The van der Waals surface area contributed by atoms with Crippen molar-refractivity contribution in [3.63, 3.8) is 0 Å². The monoisotopic (exact) mass is 778 g/mol. The number of benzene rings is 4. The second kappa shape index (κ2) is 14.8. The normalized spacial score (nSPS) is 14.6. The van der Waals surface area contributed by atoms with Crippen LogP contribution in [0.25, 0.3) is 0 Å². The van der Waals surface area contributed by atoms with E-state index < -0.39 is 74.8 Å². The highest BCUT2D eigenvalue weighted by atomic mass is 35.5. The zero-order valence-corrected chi connectivity index (χ0v) is 30.0. The molecule has 0 spiro atoms. The molecule has 0 aliphatic heterocycles. The Morgan fingerprint density at radius 2 is 1.36 bits per heavy atom. The van der Waals surface area contributed by atoms with Crippen LogP contribution in [0, 0.1) is 34.9 Å². The Labute approximate surface area is 306 Å². The topological polar surface area (TPSA) is 95.0 Å². The van der Waals surface area contributed by atoms with Crippen molar-refractivity contribution in [2.45, 2.75) is 75.3 Å². The molecule has 53 heavy (non-hydrogen) atoms. The molecule has 0 bridgehead atoms. The molecule has 6 rings (SSSR count). The minimum absolute atomic E-state index is 0.0851. The number of hydrogen-bond donors (Lipinski definition) is 1. The van der Waals surface area contributed by atoms with Crippen molar-refractivity contribution in [3.8, 4) is 0 Å². The van der Waals surface area contributed by atoms with Crippen LogP contribution < -0.4 is 4.90 Å². The van der Waals surface area contributed by atoms with E-state index in [0.29, 0.717) is 23.0 Å². The maximum atomic E-state index is 15.1. The summed E-state index contributed by atoms with van der Waals surface area (Å²) in [6, 6.07) is 12.8. The Hall–Kier alpha value is -4.40. The first-order valence-electron chi connectivity index (χ1n) is 16.7. The molecule has 2 fully saturated rings. The number of nitrogens with zero attached hydrogens (tertiary/aromatic N) is 2. The van der Waals surface area contributed by atoms with Crippen molar-refractivity contribution in [2.75, 3.05) is 11.4 Å². The molecule has 7 nitrogen and oxygen atoms in total. The molecule has 0 heterocycles. The minimum atomic E-state index is -5.74. The summed E-state index contributed by atoms with van der Waals surface area (Å²) in [5.41, 5.74) is 3.19. The lowest BCUT2D eigenvalue weighted by molar-refractivity contribution is -0.119. The van der Waals surface area contributed by atoms with E-state index in [1.54, 1.807) is 13.8 Å². The molecule has 0 unspecified atom stereocenters. The summed E-state index contributed by atoms with van der Waals surface area (Å²) >= 11 is 6.17. The Bertz CT molecular complexity index is 2190. The Balaban J connectivity index is 1.49. The fourth-order valence-corrected chi connectivity index (χ4v) is 7.98. The Morgan fingerprint density at radius 3 is 1.87 bits per heavy atom. The van der Waals surface area contributed by atoms with Crippen LogP contribution in [0.4, 0.5) is 32.0 Å². The van der Waals surface area contributed by atoms with Gasteiger partial charge in [0, 0.05) is 17.3 Å². The van der Waals surface area contributed by atoms with E-state index in [9.17, 15) is 40.7 Å². The fraction of sp³-hybridized carbons (Fsp3) is 0.316. The smallest absolute Gasteiger partial charge is 0.335 e. The lowest BCUT2D eigenvalue weighted by Crippen LogP contribution is -2.43. The van der Waals surface area contributed by atoms with Gasteiger partial charge in [-0.1, -0.05) is 49.7 Å². The highest BCUT2D eigenvalue weighted by Gasteiger charge is 2.39. The molecule has 2 aliphatic rings. The van der Waals surface area contributed by atoms with E-state index in [-0.39, 0.29) is 38.6 Å². The van der Waals surface area contributed by atoms with Crippen LogP contribution in [-0.2, 0) is 27.9 Å². The second-order valence-corrected chi connectivity index (χ2v) is 16.0. The lowest BCUT2D eigenvalue weighted by atomic mass is 9.96. The number of carbonyl (C=O) groups excluding carboxylic acids is 1. The van der Waals surface area contributed by atoms with Crippen LogP contribution in [0.5, 0.6) is 0 Å². The molecule has 4 aromatic rings. The van der Waals surface area contributed by atoms with Gasteiger partial charge in [-0.05, 0) is 102 Å². The second-order valence-electron chi connectivity index (χ2n) is 13.7. The number of carboxylic acid groups (broad SMARTS) is 1. The molecule has 15 heteroatoms.